The molecule has 1 aliphatic rings. The lowest BCUT2D eigenvalue weighted by atomic mass is 10.2. The molecule has 0 saturated carbocycles. The fourth-order valence-electron chi connectivity index (χ4n) is 2.08. The van der Waals surface area contributed by atoms with Crippen LogP contribution < -0.4 is 0 Å². The summed E-state index contributed by atoms with van der Waals surface area (Å²) in [5.41, 5.74) is 0.765. The number of sulfone groups is 1. The second-order valence-corrected chi connectivity index (χ2v) is 7.80. The lowest BCUT2D eigenvalue weighted by Crippen LogP contribution is -2.24. The molecule has 20 heavy (non-hydrogen) atoms. The molecule has 0 radical (unpaired) electrons. The first-order valence-corrected chi connectivity index (χ1v) is 8.82. The molecule has 2 aromatic rings. The van der Waals surface area contributed by atoms with E-state index >= 15 is 0 Å². The fourth-order valence-corrected chi connectivity index (χ4v) is 4.96. The summed E-state index contributed by atoms with van der Waals surface area (Å²) in [6.45, 7) is 0.470. The van der Waals surface area contributed by atoms with E-state index < -0.39 is 9.84 Å². The Labute approximate surface area is 122 Å². The molecule has 0 N–H and O–H groups in total. The number of ether oxygens (including phenoxy) is 1. The van der Waals surface area contributed by atoms with Crippen LogP contribution in [0.15, 0.2) is 64.4 Å². The molecule has 1 heterocycles. The van der Waals surface area contributed by atoms with Crippen LogP contribution in [-0.4, -0.2) is 19.6 Å². The van der Waals surface area contributed by atoms with Gasteiger partial charge in [0.25, 0.3) is 0 Å². The summed E-state index contributed by atoms with van der Waals surface area (Å²) in [7, 11) is -3.31. The molecule has 2 aromatic carbocycles. The Kier molecular flexibility index (Phi) is 3.83. The zero-order valence-corrected chi connectivity index (χ0v) is 12.4. The van der Waals surface area contributed by atoms with Gasteiger partial charge in [0.05, 0.1) is 17.3 Å². The number of hydrogen-bond acceptors (Lipinski definition) is 4. The van der Waals surface area contributed by atoms with E-state index in [1.54, 1.807) is 30.3 Å². The molecule has 0 spiro atoms. The summed E-state index contributed by atoms with van der Waals surface area (Å²) in [4.78, 5) is 1.45. The van der Waals surface area contributed by atoms with Crippen LogP contribution in [0.25, 0.3) is 0 Å². The summed E-state index contributed by atoms with van der Waals surface area (Å²) in [6, 6.07) is 16.4. The van der Waals surface area contributed by atoms with E-state index in [0.717, 1.165) is 10.5 Å². The summed E-state index contributed by atoms with van der Waals surface area (Å²) < 4.78 is 30.3. The van der Waals surface area contributed by atoms with E-state index in [4.69, 9.17) is 4.74 Å². The van der Waals surface area contributed by atoms with Crippen molar-refractivity contribution in [3.63, 3.8) is 0 Å². The van der Waals surface area contributed by atoms with Gasteiger partial charge in [-0.15, -0.1) is 0 Å². The molecule has 1 atom stereocenters. The quantitative estimate of drug-likeness (QED) is 0.874. The van der Waals surface area contributed by atoms with Crippen LogP contribution in [0.2, 0.25) is 0 Å². The van der Waals surface area contributed by atoms with Crippen molar-refractivity contribution in [3.05, 3.63) is 60.2 Å². The minimum atomic E-state index is -3.31. The molecule has 3 rings (SSSR count). The highest BCUT2D eigenvalue weighted by molar-refractivity contribution is 8.01. The third-order valence-electron chi connectivity index (χ3n) is 3.11. The Morgan fingerprint density at radius 2 is 1.75 bits per heavy atom. The minimum absolute atomic E-state index is 0.00395. The monoisotopic (exact) mass is 306 g/mol. The zero-order valence-electron chi connectivity index (χ0n) is 10.7. The molecule has 5 heteroatoms. The van der Waals surface area contributed by atoms with Crippen molar-refractivity contribution in [3.8, 4) is 0 Å². The largest absolute Gasteiger partial charge is 0.361 e. The Morgan fingerprint density at radius 3 is 2.55 bits per heavy atom. The number of rotatable bonds is 3. The number of thioether (sulfide) groups is 1. The van der Waals surface area contributed by atoms with Gasteiger partial charge < -0.3 is 4.74 Å². The van der Waals surface area contributed by atoms with E-state index in [1.165, 1.54) is 11.8 Å². The molecule has 0 aliphatic carbocycles. The molecule has 3 nitrogen and oxygen atoms in total. The third-order valence-corrected chi connectivity index (χ3v) is 6.27. The van der Waals surface area contributed by atoms with Gasteiger partial charge in [-0.1, -0.05) is 48.2 Å². The van der Waals surface area contributed by atoms with E-state index in [1.807, 2.05) is 24.3 Å². The van der Waals surface area contributed by atoms with Crippen molar-refractivity contribution in [1.82, 2.24) is 0 Å². The van der Waals surface area contributed by atoms with Gasteiger partial charge in [0, 0.05) is 4.90 Å². The van der Waals surface area contributed by atoms with Gasteiger partial charge in [-0.3, -0.25) is 0 Å². The van der Waals surface area contributed by atoms with Crippen molar-refractivity contribution in [2.75, 3.05) is 5.75 Å². The standard InChI is InChI=1S/C15H14O3S2/c16-20(17,13-7-2-1-3-8-13)11-15-18-10-12-6-4-5-9-14(12)19-15/h1-9,15H,10-11H2. The molecule has 0 saturated heterocycles. The highest BCUT2D eigenvalue weighted by atomic mass is 32.2. The Hall–Kier alpha value is -1.30. The van der Waals surface area contributed by atoms with Gasteiger partial charge in [0.1, 0.15) is 5.44 Å². The lowest BCUT2D eigenvalue weighted by molar-refractivity contribution is 0.105. The van der Waals surface area contributed by atoms with Gasteiger partial charge in [-0.05, 0) is 23.8 Å². The number of fused-ring (bicyclic) bond motifs is 1. The first-order chi connectivity index (χ1) is 9.65. The maximum absolute atomic E-state index is 12.3. The predicted octanol–water partition coefficient (Wildman–Crippen LogP) is 3.11. The van der Waals surface area contributed by atoms with E-state index in [-0.39, 0.29) is 11.2 Å². The van der Waals surface area contributed by atoms with Gasteiger partial charge in [0.15, 0.2) is 9.84 Å². The van der Waals surface area contributed by atoms with Crippen LogP contribution >= 0.6 is 11.8 Å². The Balaban J connectivity index is 1.77. The first kappa shape index (κ1) is 13.7. The van der Waals surface area contributed by atoms with Gasteiger partial charge in [0.2, 0.25) is 0 Å². The molecular weight excluding hydrogens is 292 g/mol. The van der Waals surface area contributed by atoms with Crippen LogP contribution in [0, 0.1) is 0 Å². The van der Waals surface area contributed by atoms with E-state index in [2.05, 4.69) is 0 Å². The van der Waals surface area contributed by atoms with Crippen LogP contribution in [0.1, 0.15) is 5.56 Å². The Morgan fingerprint density at radius 1 is 1.05 bits per heavy atom. The molecule has 0 aromatic heterocycles. The average Bonchev–Trinajstić information content (AvgIpc) is 2.48. The van der Waals surface area contributed by atoms with Crippen molar-refractivity contribution < 1.29 is 13.2 Å². The highest BCUT2D eigenvalue weighted by Crippen LogP contribution is 2.34. The third kappa shape index (κ3) is 2.90. The average molecular weight is 306 g/mol. The van der Waals surface area contributed by atoms with Crippen molar-refractivity contribution in [2.45, 2.75) is 21.8 Å². The van der Waals surface area contributed by atoms with Crippen LogP contribution in [0.3, 0.4) is 0 Å². The molecule has 1 unspecified atom stereocenters. The van der Waals surface area contributed by atoms with Crippen molar-refractivity contribution in [1.29, 1.82) is 0 Å². The molecule has 0 fully saturated rings. The molecular formula is C15H14O3S2. The lowest BCUT2D eigenvalue weighted by Gasteiger charge is -2.24. The smallest absolute Gasteiger partial charge is 0.181 e. The summed E-state index contributed by atoms with van der Waals surface area (Å²) in [5.74, 6) is -0.00395. The second kappa shape index (κ2) is 5.60. The Bertz CT molecular complexity index is 696. The van der Waals surface area contributed by atoms with Gasteiger partial charge in [-0.25, -0.2) is 8.42 Å². The summed E-state index contributed by atoms with van der Waals surface area (Å²) in [6.07, 6.45) is 0. The van der Waals surface area contributed by atoms with Crippen molar-refractivity contribution in [2.24, 2.45) is 0 Å². The molecule has 104 valence electrons. The van der Waals surface area contributed by atoms with Crippen LogP contribution in [0.5, 0.6) is 0 Å². The second-order valence-electron chi connectivity index (χ2n) is 4.56. The van der Waals surface area contributed by atoms with Crippen LogP contribution in [0.4, 0.5) is 0 Å². The maximum atomic E-state index is 12.3. The zero-order chi connectivity index (χ0) is 14.0. The van der Waals surface area contributed by atoms with Crippen LogP contribution in [-0.2, 0) is 21.2 Å². The van der Waals surface area contributed by atoms with Gasteiger partial charge in [-0.2, -0.15) is 0 Å². The summed E-state index contributed by atoms with van der Waals surface area (Å²) >= 11 is 1.48. The molecule has 0 amide bonds. The highest BCUT2D eigenvalue weighted by Gasteiger charge is 2.26. The van der Waals surface area contributed by atoms with E-state index in [0.29, 0.717) is 11.5 Å². The molecule has 0 bridgehead atoms. The van der Waals surface area contributed by atoms with E-state index in [9.17, 15) is 8.42 Å². The molecule has 1 aliphatic heterocycles. The summed E-state index contributed by atoms with van der Waals surface area (Å²) in [5, 5.41) is 0. The fraction of sp³-hybridized carbons (Fsp3) is 0.200. The SMILES string of the molecule is O=S(=O)(CC1OCc2ccccc2S1)c1ccccc1. The number of hydrogen-bond donors (Lipinski definition) is 0. The normalized spacial score (nSPS) is 18.5. The number of benzene rings is 2. The predicted molar refractivity (Wildman–Crippen MR) is 79.4 cm³/mol. The van der Waals surface area contributed by atoms with Crippen molar-refractivity contribution >= 4 is 21.6 Å². The minimum Gasteiger partial charge on any atom is -0.361 e. The maximum Gasteiger partial charge on any atom is 0.181 e. The topological polar surface area (TPSA) is 43.4 Å². The first-order valence-electron chi connectivity index (χ1n) is 6.29. The van der Waals surface area contributed by atoms with Gasteiger partial charge >= 0.3 is 0 Å².